The minimum absolute atomic E-state index is 0.00628. The summed E-state index contributed by atoms with van der Waals surface area (Å²) in [4.78, 5) is 15.3. The highest BCUT2D eigenvalue weighted by Gasteiger charge is 2.22. The number of nitriles is 1. The number of ether oxygens (including phenoxy) is 1. The first-order valence-electron chi connectivity index (χ1n) is 11.3. The van der Waals surface area contributed by atoms with Crippen molar-refractivity contribution in [3.63, 3.8) is 0 Å². The topological polar surface area (TPSA) is 110 Å². The molecule has 2 aromatic carbocycles. The van der Waals surface area contributed by atoms with Gasteiger partial charge in [0.25, 0.3) is 0 Å². The van der Waals surface area contributed by atoms with E-state index in [4.69, 9.17) is 10.6 Å². The van der Waals surface area contributed by atoms with E-state index < -0.39 is 11.6 Å². The highest BCUT2D eigenvalue weighted by molar-refractivity contribution is 5.83. The number of likely N-dealkylation sites (N-methyl/N-ethyl adjacent to an activating group) is 1. The van der Waals surface area contributed by atoms with Gasteiger partial charge in [0, 0.05) is 48.8 Å². The van der Waals surface area contributed by atoms with Gasteiger partial charge in [0.2, 0.25) is 5.88 Å². The fourth-order valence-corrected chi connectivity index (χ4v) is 4.26. The Bertz CT molecular complexity index is 1470. The van der Waals surface area contributed by atoms with Gasteiger partial charge in [-0.05, 0) is 44.3 Å². The molecule has 1 saturated heterocycles. The molecular formula is C25H24F2N8O. The number of nitrogens with zero attached hydrogens (tertiary/aromatic N) is 6. The zero-order valence-corrected chi connectivity index (χ0v) is 19.8. The summed E-state index contributed by atoms with van der Waals surface area (Å²) in [6, 6.07) is 11.4. The Morgan fingerprint density at radius 3 is 2.61 bits per heavy atom. The number of rotatable bonds is 5. The number of aromatic amines is 1. The van der Waals surface area contributed by atoms with Crippen LogP contribution in [0.1, 0.15) is 11.3 Å². The molecule has 0 amide bonds. The molecule has 0 aliphatic carbocycles. The number of halogens is 2. The van der Waals surface area contributed by atoms with Crippen LogP contribution in [-0.2, 0) is 0 Å². The number of benzene rings is 2. The van der Waals surface area contributed by atoms with Crippen LogP contribution in [0.2, 0.25) is 0 Å². The minimum Gasteiger partial charge on any atom is -0.434 e. The standard InChI is InChI=1S/C25H24F2N8O/c1-15-11-17-20(32-15)4-6-22(23(17)27)36-25-18(13-28)24(30-14-31-25)35(29)16-3-5-21(19(26)12-16)34-9-7-33(2)8-10-34/h3-6,11-12,14,32H,7-10,29H2,1-2H3. The molecule has 0 saturated carbocycles. The highest BCUT2D eigenvalue weighted by atomic mass is 19.1. The van der Waals surface area contributed by atoms with Gasteiger partial charge in [0.05, 0.1) is 11.4 Å². The molecular weight excluding hydrogens is 466 g/mol. The van der Waals surface area contributed by atoms with Crippen LogP contribution in [0, 0.1) is 29.9 Å². The number of nitrogens with one attached hydrogen (secondary N) is 1. The van der Waals surface area contributed by atoms with Gasteiger partial charge in [0.1, 0.15) is 18.2 Å². The van der Waals surface area contributed by atoms with E-state index in [1.165, 1.54) is 12.1 Å². The van der Waals surface area contributed by atoms with Crippen molar-refractivity contribution in [3.05, 3.63) is 65.6 Å². The Morgan fingerprint density at radius 2 is 1.89 bits per heavy atom. The third-order valence-corrected chi connectivity index (χ3v) is 6.23. The lowest BCUT2D eigenvalue weighted by molar-refractivity contribution is 0.311. The van der Waals surface area contributed by atoms with Crippen LogP contribution in [0.25, 0.3) is 10.9 Å². The smallest absolute Gasteiger partial charge is 0.242 e. The molecule has 0 spiro atoms. The lowest BCUT2D eigenvalue weighted by Crippen LogP contribution is -2.44. The van der Waals surface area contributed by atoms with E-state index in [1.54, 1.807) is 24.3 Å². The van der Waals surface area contributed by atoms with Gasteiger partial charge in [-0.25, -0.2) is 24.6 Å². The Morgan fingerprint density at radius 1 is 1.11 bits per heavy atom. The van der Waals surface area contributed by atoms with E-state index >= 15 is 8.78 Å². The van der Waals surface area contributed by atoms with Gasteiger partial charge in [-0.1, -0.05) is 0 Å². The van der Waals surface area contributed by atoms with Crippen LogP contribution in [0.15, 0.2) is 42.7 Å². The van der Waals surface area contributed by atoms with Crippen LogP contribution >= 0.6 is 0 Å². The summed E-state index contributed by atoms with van der Waals surface area (Å²) >= 11 is 0. The van der Waals surface area contributed by atoms with Gasteiger partial charge in [0.15, 0.2) is 22.9 Å². The second-order valence-electron chi connectivity index (χ2n) is 8.68. The number of piperazine rings is 1. The van der Waals surface area contributed by atoms with Gasteiger partial charge in [-0.3, -0.25) is 5.01 Å². The van der Waals surface area contributed by atoms with Gasteiger partial charge in [-0.2, -0.15) is 5.26 Å². The van der Waals surface area contributed by atoms with Crippen molar-refractivity contribution in [1.29, 1.82) is 5.26 Å². The number of anilines is 3. The van der Waals surface area contributed by atoms with Crippen LogP contribution in [0.4, 0.5) is 26.0 Å². The quantitative estimate of drug-likeness (QED) is 0.319. The number of fused-ring (bicyclic) bond motifs is 1. The van der Waals surface area contributed by atoms with Crippen molar-refractivity contribution < 1.29 is 13.5 Å². The van der Waals surface area contributed by atoms with E-state index in [-0.39, 0.29) is 28.7 Å². The van der Waals surface area contributed by atoms with E-state index in [9.17, 15) is 5.26 Å². The molecule has 0 atom stereocenters. The van der Waals surface area contributed by atoms with E-state index in [0.717, 1.165) is 43.2 Å². The molecule has 1 aliphatic rings. The Labute approximate surface area is 206 Å². The first-order chi connectivity index (χ1) is 17.4. The van der Waals surface area contributed by atoms with Gasteiger partial charge >= 0.3 is 0 Å². The average molecular weight is 491 g/mol. The Hall–Kier alpha value is -4.27. The predicted octanol–water partition coefficient (Wildman–Crippen LogP) is 3.97. The highest BCUT2D eigenvalue weighted by Crippen LogP contribution is 2.35. The maximum absolute atomic E-state index is 15.0. The molecule has 5 rings (SSSR count). The monoisotopic (exact) mass is 490 g/mol. The summed E-state index contributed by atoms with van der Waals surface area (Å²) in [5, 5.41) is 11.3. The molecule has 11 heteroatoms. The van der Waals surface area contributed by atoms with Crippen LogP contribution in [-0.4, -0.2) is 53.1 Å². The zero-order valence-electron chi connectivity index (χ0n) is 19.8. The van der Waals surface area contributed by atoms with Crippen molar-refractivity contribution in [1.82, 2.24) is 19.9 Å². The molecule has 3 N–H and O–H groups in total. The molecule has 3 heterocycles. The zero-order chi connectivity index (χ0) is 25.4. The minimum atomic E-state index is -0.591. The molecule has 9 nitrogen and oxygen atoms in total. The number of nitrogens with two attached hydrogens (primary N) is 1. The van der Waals surface area contributed by atoms with Crippen molar-refractivity contribution >= 4 is 28.1 Å². The molecule has 184 valence electrons. The Kier molecular flexibility index (Phi) is 6.13. The predicted molar refractivity (Wildman–Crippen MR) is 132 cm³/mol. The number of hydrazine groups is 1. The average Bonchev–Trinajstić information content (AvgIpc) is 3.27. The molecule has 0 bridgehead atoms. The molecule has 2 aromatic heterocycles. The summed E-state index contributed by atoms with van der Waals surface area (Å²) in [5.41, 5.74) is 2.07. The van der Waals surface area contributed by atoms with Crippen molar-refractivity contribution in [3.8, 4) is 17.7 Å². The van der Waals surface area contributed by atoms with Crippen molar-refractivity contribution in [2.24, 2.45) is 5.84 Å². The number of H-pyrrole nitrogens is 1. The van der Waals surface area contributed by atoms with Crippen LogP contribution < -0.4 is 20.5 Å². The third-order valence-electron chi connectivity index (χ3n) is 6.23. The summed E-state index contributed by atoms with van der Waals surface area (Å²) in [6.45, 7) is 4.94. The molecule has 1 fully saturated rings. The number of aromatic nitrogens is 3. The van der Waals surface area contributed by atoms with Crippen LogP contribution in [0.5, 0.6) is 11.6 Å². The molecule has 4 aromatic rings. The van der Waals surface area contributed by atoms with Gasteiger partial charge in [-0.15, -0.1) is 0 Å². The lowest BCUT2D eigenvalue weighted by Gasteiger charge is -2.34. The maximum atomic E-state index is 15.0. The first-order valence-corrected chi connectivity index (χ1v) is 11.3. The summed E-state index contributed by atoms with van der Waals surface area (Å²) in [5.74, 6) is 4.94. The molecule has 0 unspecified atom stereocenters. The summed E-state index contributed by atoms with van der Waals surface area (Å²) in [7, 11) is 2.03. The van der Waals surface area contributed by atoms with Crippen molar-refractivity contribution in [2.45, 2.75) is 6.92 Å². The van der Waals surface area contributed by atoms with E-state index in [2.05, 4.69) is 19.9 Å². The Balaban J connectivity index is 1.44. The first kappa shape index (κ1) is 23.5. The summed E-state index contributed by atoms with van der Waals surface area (Å²) in [6.07, 6.45) is 1.15. The second kappa shape index (κ2) is 9.41. The number of hydrogen-bond donors (Lipinski definition) is 2. The lowest BCUT2D eigenvalue weighted by atomic mass is 10.2. The maximum Gasteiger partial charge on any atom is 0.242 e. The van der Waals surface area contributed by atoms with Gasteiger partial charge < -0.3 is 19.5 Å². The van der Waals surface area contributed by atoms with E-state index in [1.807, 2.05) is 24.9 Å². The number of aryl methyl sites for hydroxylation is 1. The molecule has 1 aliphatic heterocycles. The third kappa shape index (κ3) is 4.28. The van der Waals surface area contributed by atoms with Crippen molar-refractivity contribution in [2.75, 3.05) is 43.1 Å². The fourth-order valence-electron chi connectivity index (χ4n) is 4.26. The number of hydrogen-bond acceptors (Lipinski definition) is 8. The SMILES string of the molecule is Cc1cc2c(F)c(Oc3ncnc(N(N)c4ccc(N5CCN(C)CC5)c(F)c4)c3C#N)ccc2[nH]1. The summed E-state index contributed by atoms with van der Waals surface area (Å²) < 4.78 is 35.7. The fraction of sp³-hybridized carbons (Fsp3) is 0.240. The molecule has 0 radical (unpaired) electrons. The largest absolute Gasteiger partial charge is 0.434 e. The second-order valence-corrected chi connectivity index (χ2v) is 8.68. The molecule has 36 heavy (non-hydrogen) atoms. The van der Waals surface area contributed by atoms with Crippen LogP contribution in [0.3, 0.4) is 0 Å². The van der Waals surface area contributed by atoms with E-state index in [0.29, 0.717) is 16.6 Å². The normalized spacial score (nSPS) is 14.2.